The molecule has 0 saturated heterocycles. The highest BCUT2D eigenvalue weighted by Crippen LogP contribution is 2.19. The zero-order valence-electron chi connectivity index (χ0n) is 13.5. The average molecular weight is 293 g/mol. The maximum Gasteiger partial charge on any atom is 0.340 e. The highest BCUT2D eigenvalue weighted by atomic mass is 16.5. The number of anilines is 2. The lowest BCUT2D eigenvalue weighted by atomic mass is 10.1. The predicted molar refractivity (Wildman–Crippen MR) is 87.7 cm³/mol. The minimum absolute atomic E-state index is 0.281. The van der Waals surface area contributed by atoms with Gasteiger partial charge in [0.1, 0.15) is 0 Å². The zero-order valence-corrected chi connectivity index (χ0v) is 13.5. The number of nitrogen functional groups attached to an aromatic ring is 1. The molecule has 1 aromatic carbocycles. The maximum atomic E-state index is 11.8. The molecule has 1 unspecified atom stereocenters. The summed E-state index contributed by atoms with van der Waals surface area (Å²) in [4.78, 5) is 14.2. The van der Waals surface area contributed by atoms with Crippen LogP contribution in [0.2, 0.25) is 0 Å². The second-order valence-corrected chi connectivity index (χ2v) is 5.05. The fourth-order valence-electron chi connectivity index (χ4n) is 2.23. The summed E-state index contributed by atoms with van der Waals surface area (Å²) in [5.41, 5.74) is 7.57. The van der Waals surface area contributed by atoms with Crippen LogP contribution in [-0.4, -0.2) is 43.2 Å². The molecule has 118 valence electrons. The molecule has 0 fully saturated rings. The molecule has 0 saturated carbocycles. The first-order valence-electron chi connectivity index (χ1n) is 7.57. The molecule has 5 heteroatoms. The van der Waals surface area contributed by atoms with Gasteiger partial charge >= 0.3 is 5.97 Å². The van der Waals surface area contributed by atoms with Gasteiger partial charge in [-0.3, -0.25) is 0 Å². The molecule has 3 N–H and O–H groups in total. The summed E-state index contributed by atoms with van der Waals surface area (Å²) in [6.45, 7) is 11.6. The molecular weight excluding hydrogens is 266 g/mol. The lowest BCUT2D eigenvalue weighted by Crippen LogP contribution is -2.34. The molecule has 1 atom stereocenters. The number of nitrogens with two attached hydrogens (primary N) is 1. The van der Waals surface area contributed by atoms with Crippen molar-refractivity contribution < 1.29 is 9.53 Å². The summed E-state index contributed by atoms with van der Waals surface area (Å²) in [7, 11) is 0. The normalized spacial score (nSPS) is 12.2. The molecule has 21 heavy (non-hydrogen) atoms. The standard InChI is InChI=1S/C16H27N3O2/c1-5-19(6-2)11-12(4)18-13-8-9-15(17)14(10-13)16(20)21-7-3/h8-10,12,18H,5-7,11,17H2,1-4H3. The quantitative estimate of drug-likeness (QED) is 0.569. The van der Waals surface area contributed by atoms with Crippen LogP contribution in [0.1, 0.15) is 38.1 Å². The number of nitrogens with one attached hydrogen (secondary N) is 1. The average Bonchev–Trinajstić information content (AvgIpc) is 2.47. The topological polar surface area (TPSA) is 67.6 Å². The molecule has 5 nitrogen and oxygen atoms in total. The van der Waals surface area contributed by atoms with Crippen LogP contribution >= 0.6 is 0 Å². The van der Waals surface area contributed by atoms with E-state index >= 15 is 0 Å². The lowest BCUT2D eigenvalue weighted by molar-refractivity contribution is 0.0527. The van der Waals surface area contributed by atoms with Crippen LogP contribution in [0, 0.1) is 0 Å². The molecule has 0 aliphatic heterocycles. The monoisotopic (exact) mass is 293 g/mol. The van der Waals surface area contributed by atoms with Crippen molar-refractivity contribution in [1.82, 2.24) is 4.90 Å². The summed E-state index contributed by atoms with van der Waals surface area (Å²) in [5.74, 6) is -0.380. The summed E-state index contributed by atoms with van der Waals surface area (Å²) >= 11 is 0. The largest absolute Gasteiger partial charge is 0.462 e. The Balaban J connectivity index is 2.75. The second-order valence-electron chi connectivity index (χ2n) is 5.05. The Bertz CT molecular complexity index is 459. The van der Waals surface area contributed by atoms with Crippen molar-refractivity contribution in [2.75, 3.05) is 37.3 Å². The van der Waals surface area contributed by atoms with E-state index in [1.54, 1.807) is 19.1 Å². The van der Waals surface area contributed by atoms with Crippen LogP contribution in [0.15, 0.2) is 18.2 Å². The Kier molecular flexibility index (Phi) is 7.02. The SMILES string of the molecule is CCOC(=O)c1cc(NC(C)CN(CC)CC)ccc1N. The van der Waals surface area contributed by atoms with E-state index in [2.05, 4.69) is 31.0 Å². The number of ether oxygens (including phenoxy) is 1. The number of benzene rings is 1. The third-order valence-corrected chi connectivity index (χ3v) is 3.39. The van der Waals surface area contributed by atoms with Gasteiger partial charge in [-0.25, -0.2) is 4.79 Å². The van der Waals surface area contributed by atoms with E-state index in [1.165, 1.54) is 0 Å². The van der Waals surface area contributed by atoms with Crippen LogP contribution in [0.3, 0.4) is 0 Å². The Morgan fingerprint density at radius 2 is 2.00 bits per heavy atom. The van der Waals surface area contributed by atoms with Gasteiger partial charge in [-0.2, -0.15) is 0 Å². The van der Waals surface area contributed by atoms with E-state index in [9.17, 15) is 4.79 Å². The van der Waals surface area contributed by atoms with Gasteiger partial charge in [0.15, 0.2) is 0 Å². The first-order valence-corrected chi connectivity index (χ1v) is 7.57. The fraction of sp³-hybridized carbons (Fsp3) is 0.562. The molecule has 0 aliphatic carbocycles. The van der Waals surface area contributed by atoms with Gasteiger partial charge in [0.05, 0.1) is 12.2 Å². The van der Waals surface area contributed by atoms with Crippen molar-refractivity contribution in [2.45, 2.75) is 33.7 Å². The summed E-state index contributed by atoms with van der Waals surface area (Å²) in [6, 6.07) is 5.66. The van der Waals surface area contributed by atoms with Crippen molar-refractivity contribution in [3.63, 3.8) is 0 Å². The predicted octanol–water partition coefficient (Wildman–Crippen LogP) is 2.59. The molecule has 1 rings (SSSR count). The Morgan fingerprint density at radius 3 is 2.57 bits per heavy atom. The third kappa shape index (κ3) is 5.27. The highest BCUT2D eigenvalue weighted by Gasteiger charge is 2.13. The second kappa shape index (κ2) is 8.52. The molecule has 0 radical (unpaired) electrons. The Labute approximate surface area is 127 Å². The summed E-state index contributed by atoms with van der Waals surface area (Å²) in [6.07, 6.45) is 0. The van der Waals surface area contributed by atoms with Crippen LogP contribution < -0.4 is 11.1 Å². The number of rotatable bonds is 8. The highest BCUT2D eigenvalue weighted by molar-refractivity contribution is 5.96. The lowest BCUT2D eigenvalue weighted by Gasteiger charge is -2.24. The first kappa shape index (κ1) is 17.3. The molecular formula is C16H27N3O2. The molecule has 0 heterocycles. The smallest absolute Gasteiger partial charge is 0.340 e. The van der Waals surface area contributed by atoms with Gasteiger partial charge in [0.2, 0.25) is 0 Å². The number of carbonyl (C=O) groups excluding carboxylic acids is 1. The van der Waals surface area contributed by atoms with E-state index in [0.29, 0.717) is 17.9 Å². The number of esters is 1. The molecule has 0 aliphatic rings. The molecule has 0 spiro atoms. The van der Waals surface area contributed by atoms with E-state index in [4.69, 9.17) is 10.5 Å². The number of hydrogen-bond acceptors (Lipinski definition) is 5. The van der Waals surface area contributed by atoms with Crippen LogP contribution in [0.5, 0.6) is 0 Å². The maximum absolute atomic E-state index is 11.8. The number of carbonyl (C=O) groups is 1. The van der Waals surface area contributed by atoms with Gasteiger partial charge in [0, 0.05) is 24.0 Å². The molecule has 0 amide bonds. The number of hydrogen-bond donors (Lipinski definition) is 2. The van der Waals surface area contributed by atoms with E-state index in [1.807, 2.05) is 6.07 Å². The van der Waals surface area contributed by atoms with Crippen LogP contribution in [0.4, 0.5) is 11.4 Å². The Morgan fingerprint density at radius 1 is 1.33 bits per heavy atom. The van der Waals surface area contributed by atoms with E-state index in [-0.39, 0.29) is 12.0 Å². The molecule has 0 aromatic heterocycles. The van der Waals surface area contributed by atoms with Gasteiger partial charge in [0.25, 0.3) is 0 Å². The number of nitrogens with zero attached hydrogens (tertiary/aromatic N) is 1. The van der Waals surface area contributed by atoms with Crippen molar-refractivity contribution in [3.05, 3.63) is 23.8 Å². The fourth-order valence-corrected chi connectivity index (χ4v) is 2.23. The van der Waals surface area contributed by atoms with Gasteiger partial charge in [-0.1, -0.05) is 13.8 Å². The van der Waals surface area contributed by atoms with Crippen molar-refractivity contribution >= 4 is 17.3 Å². The number of likely N-dealkylation sites (N-methyl/N-ethyl adjacent to an activating group) is 1. The third-order valence-electron chi connectivity index (χ3n) is 3.39. The summed E-state index contributed by atoms with van der Waals surface area (Å²) in [5, 5.41) is 3.40. The van der Waals surface area contributed by atoms with Crippen molar-refractivity contribution in [3.8, 4) is 0 Å². The first-order chi connectivity index (χ1) is 10.0. The van der Waals surface area contributed by atoms with Crippen molar-refractivity contribution in [1.29, 1.82) is 0 Å². The van der Waals surface area contributed by atoms with Gasteiger partial charge in [-0.05, 0) is 45.1 Å². The molecule has 1 aromatic rings. The minimum atomic E-state index is -0.380. The van der Waals surface area contributed by atoms with Gasteiger partial charge < -0.3 is 20.7 Å². The van der Waals surface area contributed by atoms with Gasteiger partial charge in [-0.15, -0.1) is 0 Å². The van der Waals surface area contributed by atoms with E-state index < -0.39 is 0 Å². The van der Waals surface area contributed by atoms with Crippen LogP contribution in [-0.2, 0) is 4.74 Å². The van der Waals surface area contributed by atoms with Crippen molar-refractivity contribution in [2.24, 2.45) is 0 Å². The minimum Gasteiger partial charge on any atom is -0.462 e. The zero-order chi connectivity index (χ0) is 15.8. The molecule has 0 bridgehead atoms. The Hall–Kier alpha value is -1.75. The van der Waals surface area contributed by atoms with Crippen LogP contribution in [0.25, 0.3) is 0 Å². The van der Waals surface area contributed by atoms with E-state index in [0.717, 1.165) is 25.3 Å². The summed E-state index contributed by atoms with van der Waals surface area (Å²) < 4.78 is 5.01.